The van der Waals surface area contributed by atoms with E-state index < -0.39 is 17.7 Å². The Bertz CT molecular complexity index is 1190. The van der Waals surface area contributed by atoms with E-state index in [9.17, 15) is 14.4 Å². The predicted molar refractivity (Wildman–Crippen MR) is 120 cm³/mol. The highest BCUT2D eigenvalue weighted by molar-refractivity contribution is 6.37. The van der Waals surface area contributed by atoms with Gasteiger partial charge < -0.3 is 10.1 Å². The molecule has 1 N–H and O–H groups in total. The first-order valence-electron chi connectivity index (χ1n) is 9.41. The third-order valence-corrected chi connectivity index (χ3v) is 5.36. The zero-order valence-corrected chi connectivity index (χ0v) is 17.8. The molecule has 0 spiro atoms. The van der Waals surface area contributed by atoms with Gasteiger partial charge in [0.05, 0.1) is 39.2 Å². The van der Waals surface area contributed by atoms with Crippen molar-refractivity contribution in [2.24, 2.45) is 0 Å². The highest BCUT2D eigenvalue weighted by atomic mass is 35.5. The quantitative estimate of drug-likeness (QED) is 0.520. The number of nitrogens with one attached hydrogen (secondary N) is 1. The lowest BCUT2D eigenvalue weighted by atomic mass is 10.1. The second-order valence-corrected chi connectivity index (χ2v) is 7.50. The van der Waals surface area contributed by atoms with Crippen LogP contribution in [0.1, 0.15) is 38.0 Å². The number of ether oxygens (including phenoxy) is 1. The molecule has 0 fully saturated rings. The number of hydrogen-bond donors (Lipinski definition) is 1. The van der Waals surface area contributed by atoms with Gasteiger partial charge in [-0.25, -0.2) is 4.90 Å². The van der Waals surface area contributed by atoms with Crippen molar-refractivity contribution in [2.45, 2.75) is 6.92 Å². The molecule has 0 bridgehead atoms. The summed E-state index contributed by atoms with van der Waals surface area (Å²) in [5.41, 5.74) is 1.66. The number of carbonyl (C=O) groups excluding carboxylic acids is 3. The van der Waals surface area contributed by atoms with E-state index in [2.05, 4.69) is 5.32 Å². The maximum absolute atomic E-state index is 12.6. The Hall–Kier alpha value is -3.35. The van der Waals surface area contributed by atoms with Crippen LogP contribution in [0.4, 0.5) is 11.4 Å². The van der Waals surface area contributed by atoms with E-state index in [0.717, 1.165) is 4.90 Å². The normalized spacial score (nSPS) is 12.7. The van der Waals surface area contributed by atoms with Crippen LogP contribution in [0.3, 0.4) is 0 Å². The van der Waals surface area contributed by atoms with Crippen LogP contribution in [0.25, 0.3) is 0 Å². The third kappa shape index (κ3) is 3.87. The van der Waals surface area contributed by atoms with Gasteiger partial charge in [0, 0.05) is 5.56 Å². The Labute approximate surface area is 188 Å². The van der Waals surface area contributed by atoms with E-state index in [1.165, 1.54) is 18.2 Å². The first-order valence-corrected chi connectivity index (χ1v) is 10.2. The van der Waals surface area contributed by atoms with Crippen molar-refractivity contribution in [1.82, 2.24) is 0 Å². The molecule has 1 aliphatic heterocycles. The summed E-state index contributed by atoms with van der Waals surface area (Å²) in [7, 11) is 0. The summed E-state index contributed by atoms with van der Waals surface area (Å²) < 4.78 is 5.37. The first kappa shape index (κ1) is 20.9. The molecule has 3 aromatic carbocycles. The molecule has 31 heavy (non-hydrogen) atoms. The molecule has 0 aromatic heterocycles. The number of halogens is 2. The number of nitrogens with zero attached hydrogens (tertiary/aromatic N) is 1. The van der Waals surface area contributed by atoms with Crippen LogP contribution in [0.2, 0.25) is 10.0 Å². The molecule has 0 saturated carbocycles. The molecular formula is C23H16Cl2N2O4. The number of imide groups is 1. The van der Waals surface area contributed by atoms with Crippen LogP contribution in [-0.4, -0.2) is 24.3 Å². The summed E-state index contributed by atoms with van der Waals surface area (Å²) >= 11 is 12.5. The Morgan fingerprint density at radius 2 is 1.61 bits per heavy atom. The number of fused-ring (bicyclic) bond motifs is 1. The number of amides is 3. The first-order chi connectivity index (χ1) is 14.9. The Morgan fingerprint density at radius 1 is 0.935 bits per heavy atom. The van der Waals surface area contributed by atoms with Crippen LogP contribution < -0.4 is 15.0 Å². The molecule has 0 atom stereocenters. The van der Waals surface area contributed by atoms with E-state index in [1.54, 1.807) is 42.5 Å². The topological polar surface area (TPSA) is 75.7 Å². The lowest BCUT2D eigenvalue weighted by molar-refractivity contribution is 0.0924. The Balaban J connectivity index is 1.55. The second-order valence-electron chi connectivity index (χ2n) is 6.69. The van der Waals surface area contributed by atoms with Gasteiger partial charge in [0.15, 0.2) is 0 Å². The third-order valence-electron chi connectivity index (χ3n) is 4.75. The van der Waals surface area contributed by atoms with E-state index in [-0.39, 0.29) is 5.02 Å². The van der Waals surface area contributed by atoms with Crippen molar-refractivity contribution in [2.75, 3.05) is 16.8 Å². The zero-order valence-electron chi connectivity index (χ0n) is 16.3. The Kier molecular flexibility index (Phi) is 5.67. The smallest absolute Gasteiger partial charge is 0.266 e. The lowest BCUT2D eigenvalue weighted by Crippen LogP contribution is -2.29. The fourth-order valence-corrected chi connectivity index (χ4v) is 3.73. The summed E-state index contributed by atoms with van der Waals surface area (Å²) in [5.74, 6) is -0.765. The number of benzene rings is 3. The van der Waals surface area contributed by atoms with Gasteiger partial charge in [0.2, 0.25) is 0 Å². The molecule has 8 heteroatoms. The van der Waals surface area contributed by atoms with Gasteiger partial charge in [-0.3, -0.25) is 14.4 Å². The minimum Gasteiger partial charge on any atom is -0.492 e. The van der Waals surface area contributed by atoms with Crippen LogP contribution in [0, 0.1) is 0 Å². The van der Waals surface area contributed by atoms with Crippen molar-refractivity contribution >= 4 is 52.3 Å². The molecular weight excluding hydrogens is 439 g/mol. The van der Waals surface area contributed by atoms with Crippen molar-refractivity contribution < 1.29 is 19.1 Å². The van der Waals surface area contributed by atoms with E-state index in [4.69, 9.17) is 27.9 Å². The maximum atomic E-state index is 12.6. The summed E-state index contributed by atoms with van der Waals surface area (Å²) in [5, 5.41) is 3.20. The second kappa shape index (κ2) is 8.41. The average Bonchev–Trinajstić information content (AvgIpc) is 3.01. The molecule has 1 aliphatic rings. The van der Waals surface area contributed by atoms with Crippen molar-refractivity contribution in [1.29, 1.82) is 0 Å². The highest BCUT2D eigenvalue weighted by Gasteiger charge is 2.36. The number of carbonyl (C=O) groups is 3. The molecule has 0 unspecified atom stereocenters. The van der Waals surface area contributed by atoms with Gasteiger partial charge >= 0.3 is 0 Å². The molecule has 0 radical (unpaired) electrons. The van der Waals surface area contributed by atoms with Crippen molar-refractivity contribution in [3.63, 3.8) is 0 Å². The molecule has 1 heterocycles. The van der Waals surface area contributed by atoms with Gasteiger partial charge in [-0.1, -0.05) is 35.3 Å². The Morgan fingerprint density at radius 3 is 2.19 bits per heavy atom. The summed E-state index contributed by atoms with van der Waals surface area (Å²) in [4.78, 5) is 38.9. The summed E-state index contributed by atoms with van der Waals surface area (Å²) in [6.45, 7) is 2.30. The molecule has 3 aromatic rings. The average molecular weight is 455 g/mol. The standard InChI is InChI=1S/C23H16Cl2N2O4/c1-2-31-20-10-7-13(11-18(20)25)21(28)26-19-9-8-14(12-17(19)24)27-22(29)15-5-3-4-6-16(15)23(27)30/h3-12H,2H2,1H3,(H,26,28). The molecule has 4 rings (SSSR count). The molecule has 156 valence electrons. The minimum atomic E-state index is -0.419. The van der Waals surface area contributed by atoms with E-state index in [1.807, 2.05) is 6.92 Å². The van der Waals surface area contributed by atoms with Gasteiger partial charge in [-0.15, -0.1) is 0 Å². The van der Waals surface area contributed by atoms with Crippen LogP contribution in [0.5, 0.6) is 5.75 Å². The van der Waals surface area contributed by atoms with Gasteiger partial charge in [0.1, 0.15) is 5.75 Å². The SMILES string of the molecule is CCOc1ccc(C(=O)Nc2ccc(N3C(=O)c4ccccc4C3=O)cc2Cl)cc1Cl. The fourth-order valence-electron chi connectivity index (χ4n) is 3.28. The van der Waals surface area contributed by atoms with Crippen LogP contribution >= 0.6 is 23.2 Å². The highest BCUT2D eigenvalue weighted by Crippen LogP contribution is 2.33. The molecule has 0 saturated heterocycles. The predicted octanol–water partition coefficient (Wildman–Crippen LogP) is 5.45. The van der Waals surface area contributed by atoms with Crippen LogP contribution in [-0.2, 0) is 0 Å². The maximum Gasteiger partial charge on any atom is 0.266 e. The van der Waals surface area contributed by atoms with Crippen molar-refractivity contribution in [3.8, 4) is 5.75 Å². The van der Waals surface area contributed by atoms with E-state index >= 15 is 0 Å². The van der Waals surface area contributed by atoms with Gasteiger partial charge in [0.25, 0.3) is 17.7 Å². The van der Waals surface area contributed by atoms with E-state index in [0.29, 0.717) is 45.4 Å². The fraction of sp³-hybridized carbons (Fsp3) is 0.0870. The van der Waals surface area contributed by atoms with Crippen molar-refractivity contribution in [3.05, 3.63) is 87.4 Å². The minimum absolute atomic E-state index is 0.180. The number of hydrogen-bond acceptors (Lipinski definition) is 4. The van der Waals surface area contributed by atoms with Crippen LogP contribution in [0.15, 0.2) is 60.7 Å². The summed E-state index contributed by atoms with van der Waals surface area (Å²) in [6.07, 6.45) is 0. The zero-order chi connectivity index (χ0) is 22.1. The lowest BCUT2D eigenvalue weighted by Gasteiger charge is -2.16. The number of anilines is 2. The number of rotatable bonds is 5. The molecule has 0 aliphatic carbocycles. The molecule has 3 amide bonds. The van der Waals surface area contributed by atoms with Gasteiger partial charge in [-0.05, 0) is 55.5 Å². The monoisotopic (exact) mass is 454 g/mol. The van der Waals surface area contributed by atoms with Gasteiger partial charge in [-0.2, -0.15) is 0 Å². The largest absolute Gasteiger partial charge is 0.492 e. The molecule has 6 nitrogen and oxygen atoms in total. The summed E-state index contributed by atoms with van der Waals surface area (Å²) in [6, 6.07) is 15.9.